The second kappa shape index (κ2) is 6.20. The van der Waals surface area contributed by atoms with E-state index in [1.54, 1.807) is 0 Å². The Bertz CT molecular complexity index is 709. The van der Waals surface area contributed by atoms with Crippen molar-refractivity contribution in [3.63, 3.8) is 0 Å². The molecule has 0 N–H and O–H groups in total. The van der Waals surface area contributed by atoms with Crippen molar-refractivity contribution < 1.29 is 13.2 Å². The van der Waals surface area contributed by atoms with Crippen LogP contribution in [-0.4, -0.2) is 23.3 Å². The van der Waals surface area contributed by atoms with Crippen LogP contribution in [0.3, 0.4) is 0 Å². The summed E-state index contributed by atoms with van der Waals surface area (Å²) in [7, 11) is 0. The average molecular weight is 340 g/mol. The zero-order valence-electron chi connectivity index (χ0n) is 12.0. The van der Waals surface area contributed by atoms with Gasteiger partial charge in [-0.1, -0.05) is 29.8 Å². The van der Waals surface area contributed by atoms with Gasteiger partial charge in [0.05, 0.1) is 0 Å². The van der Waals surface area contributed by atoms with E-state index in [2.05, 4.69) is 10.2 Å². The van der Waals surface area contributed by atoms with Crippen molar-refractivity contribution in [2.24, 2.45) is 0 Å². The highest BCUT2D eigenvalue weighted by Gasteiger charge is 2.33. The Morgan fingerprint density at radius 3 is 2.26 bits per heavy atom. The molecular weight excluding hydrogens is 327 g/mol. The van der Waals surface area contributed by atoms with Crippen molar-refractivity contribution in [2.45, 2.75) is 12.6 Å². The molecular formula is C16H13ClF3N3. The van der Waals surface area contributed by atoms with Gasteiger partial charge in [-0.25, -0.2) is 0 Å². The Kier molecular flexibility index (Phi) is 4.26. The maximum Gasteiger partial charge on any atom is 0.435 e. The average Bonchev–Trinajstić information content (AvgIpc) is 2.55. The number of aromatic nitrogens is 2. The lowest BCUT2D eigenvalue weighted by Crippen LogP contribution is -2.29. The first-order chi connectivity index (χ1) is 10.9. The number of nitrogens with zero attached hydrogens (tertiary/aromatic N) is 3. The third kappa shape index (κ3) is 3.64. The van der Waals surface area contributed by atoms with Crippen molar-refractivity contribution in [2.75, 3.05) is 18.0 Å². The number of hydrogen-bond acceptors (Lipinski definition) is 3. The summed E-state index contributed by atoms with van der Waals surface area (Å²) < 4.78 is 37.5. The lowest BCUT2D eigenvalue weighted by Gasteiger charge is -2.27. The molecule has 0 saturated heterocycles. The fourth-order valence-electron chi connectivity index (χ4n) is 2.45. The lowest BCUT2D eigenvalue weighted by atomic mass is 9.99. The van der Waals surface area contributed by atoms with Crippen molar-refractivity contribution in [3.8, 4) is 0 Å². The Morgan fingerprint density at radius 2 is 1.74 bits per heavy atom. The molecule has 2 heterocycles. The fraction of sp³-hybridized carbons (Fsp3) is 0.250. The SMILES string of the molecule is FC(F)(F)c1ccc(N2CC=C(c3ccc(Cl)cc3)CC2)nn1. The molecule has 0 atom stereocenters. The smallest absolute Gasteiger partial charge is 0.351 e. The second-order valence-electron chi connectivity index (χ2n) is 5.21. The summed E-state index contributed by atoms with van der Waals surface area (Å²) in [6.07, 6.45) is -1.63. The first-order valence-electron chi connectivity index (χ1n) is 7.04. The molecule has 3 rings (SSSR count). The van der Waals surface area contributed by atoms with E-state index >= 15 is 0 Å². The van der Waals surface area contributed by atoms with Crippen LogP contribution in [-0.2, 0) is 6.18 Å². The molecule has 0 bridgehead atoms. The van der Waals surface area contributed by atoms with E-state index in [0.717, 1.165) is 18.1 Å². The molecule has 1 aromatic carbocycles. The fourth-order valence-corrected chi connectivity index (χ4v) is 2.57. The van der Waals surface area contributed by atoms with E-state index < -0.39 is 11.9 Å². The van der Waals surface area contributed by atoms with Gasteiger partial charge in [0.2, 0.25) is 0 Å². The van der Waals surface area contributed by atoms with Crippen LogP contribution in [0.2, 0.25) is 5.02 Å². The van der Waals surface area contributed by atoms with Gasteiger partial charge in [-0.05, 0) is 41.8 Å². The van der Waals surface area contributed by atoms with Crippen molar-refractivity contribution in [1.82, 2.24) is 10.2 Å². The molecule has 1 aromatic heterocycles. The number of halogens is 4. The molecule has 23 heavy (non-hydrogen) atoms. The van der Waals surface area contributed by atoms with Gasteiger partial charge in [-0.15, -0.1) is 10.2 Å². The summed E-state index contributed by atoms with van der Waals surface area (Å²) in [6, 6.07) is 9.91. The van der Waals surface area contributed by atoms with E-state index in [-0.39, 0.29) is 0 Å². The van der Waals surface area contributed by atoms with Crippen LogP contribution in [0, 0.1) is 0 Å². The molecule has 0 fully saturated rings. The molecule has 0 radical (unpaired) electrons. The van der Waals surface area contributed by atoms with Crippen LogP contribution in [0.5, 0.6) is 0 Å². The van der Waals surface area contributed by atoms with Crippen LogP contribution in [0.25, 0.3) is 5.57 Å². The van der Waals surface area contributed by atoms with Gasteiger partial charge >= 0.3 is 6.18 Å². The Hall–Kier alpha value is -2.08. The third-order valence-electron chi connectivity index (χ3n) is 3.69. The molecule has 0 saturated carbocycles. The molecule has 1 aliphatic heterocycles. The summed E-state index contributed by atoms with van der Waals surface area (Å²) in [5.41, 5.74) is 1.32. The van der Waals surface area contributed by atoms with Crippen LogP contribution in [0.1, 0.15) is 17.7 Å². The number of rotatable bonds is 2. The molecule has 0 amide bonds. The molecule has 0 aliphatic carbocycles. The minimum Gasteiger partial charge on any atom is -0.351 e. The standard InChI is InChI=1S/C16H13ClF3N3/c17-13-3-1-11(2-4-13)12-7-9-23(10-8-12)15-6-5-14(21-22-15)16(18,19)20/h1-7H,8-10H2. The molecule has 0 spiro atoms. The molecule has 3 nitrogen and oxygen atoms in total. The van der Waals surface area contributed by atoms with Gasteiger partial charge in [-0.3, -0.25) is 0 Å². The maximum absolute atomic E-state index is 12.5. The largest absolute Gasteiger partial charge is 0.435 e. The Balaban J connectivity index is 1.72. The molecule has 0 unspecified atom stereocenters. The maximum atomic E-state index is 12.5. The number of anilines is 1. The van der Waals surface area contributed by atoms with Gasteiger partial charge < -0.3 is 4.90 Å². The normalized spacial score (nSPS) is 15.5. The van der Waals surface area contributed by atoms with E-state index in [4.69, 9.17) is 11.6 Å². The van der Waals surface area contributed by atoms with Gasteiger partial charge in [0.1, 0.15) is 0 Å². The van der Waals surface area contributed by atoms with Gasteiger partial charge in [0, 0.05) is 18.1 Å². The predicted octanol–water partition coefficient (Wildman–Crippen LogP) is 4.44. The quantitative estimate of drug-likeness (QED) is 0.809. The van der Waals surface area contributed by atoms with Gasteiger partial charge in [-0.2, -0.15) is 13.2 Å². The van der Waals surface area contributed by atoms with E-state index in [1.807, 2.05) is 35.2 Å². The van der Waals surface area contributed by atoms with Crippen molar-refractivity contribution in [3.05, 3.63) is 58.8 Å². The summed E-state index contributed by atoms with van der Waals surface area (Å²) in [6.45, 7) is 1.26. The Labute approximate surface area is 136 Å². The van der Waals surface area contributed by atoms with Gasteiger partial charge in [0.25, 0.3) is 0 Å². The third-order valence-corrected chi connectivity index (χ3v) is 3.94. The van der Waals surface area contributed by atoms with E-state index in [9.17, 15) is 13.2 Å². The van der Waals surface area contributed by atoms with E-state index in [0.29, 0.717) is 23.9 Å². The molecule has 120 valence electrons. The summed E-state index contributed by atoms with van der Waals surface area (Å²) in [5.74, 6) is 0.449. The van der Waals surface area contributed by atoms with Gasteiger partial charge in [0.15, 0.2) is 11.5 Å². The summed E-state index contributed by atoms with van der Waals surface area (Å²) in [4.78, 5) is 1.90. The van der Waals surface area contributed by atoms with Crippen LogP contribution >= 0.6 is 11.6 Å². The molecule has 1 aliphatic rings. The monoisotopic (exact) mass is 339 g/mol. The van der Waals surface area contributed by atoms with Crippen LogP contribution in [0.15, 0.2) is 42.5 Å². The van der Waals surface area contributed by atoms with Crippen molar-refractivity contribution in [1.29, 1.82) is 0 Å². The lowest BCUT2D eigenvalue weighted by molar-refractivity contribution is -0.141. The number of alkyl halides is 3. The zero-order valence-corrected chi connectivity index (χ0v) is 12.8. The zero-order chi connectivity index (χ0) is 16.4. The second-order valence-corrected chi connectivity index (χ2v) is 5.64. The van der Waals surface area contributed by atoms with E-state index in [1.165, 1.54) is 11.6 Å². The molecule has 7 heteroatoms. The van der Waals surface area contributed by atoms with Crippen molar-refractivity contribution >= 4 is 23.0 Å². The topological polar surface area (TPSA) is 29.0 Å². The first kappa shape index (κ1) is 15.8. The molecule has 2 aromatic rings. The minimum atomic E-state index is -4.46. The highest BCUT2D eigenvalue weighted by Crippen LogP contribution is 2.29. The first-order valence-corrected chi connectivity index (χ1v) is 7.42. The summed E-state index contributed by atoms with van der Waals surface area (Å²) >= 11 is 5.88. The summed E-state index contributed by atoms with van der Waals surface area (Å²) in [5, 5.41) is 7.63. The highest BCUT2D eigenvalue weighted by atomic mass is 35.5. The number of hydrogen-bond donors (Lipinski definition) is 0. The number of benzene rings is 1. The highest BCUT2D eigenvalue weighted by molar-refractivity contribution is 6.30. The Morgan fingerprint density at radius 1 is 1.00 bits per heavy atom. The van der Waals surface area contributed by atoms with Crippen LogP contribution in [0.4, 0.5) is 19.0 Å². The predicted molar refractivity (Wildman–Crippen MR) is 83.3 cm³/mol. The minimum absolute atomic E-state index is 0.449. The van der Waals surface area contributed by atoms with Crippen LogP contribution < -0.4 is 4.90 Å².